The molecule has 1 heterocycles. The van der Waals surface area contributed by atoms with Crippen molar-refractivity contribution in [1.82, 2.24) is 4.90 Å². The van der Waals surface area contributed by atoms with Crippen LogP contribution in [-0.2, 0) is 9.59 Å². The van der Waals surface area contributed by atoms with Crippen molar-refractivity contribution < 1.29 is 24.0 Å². The maximum atomic E-state index is 13.0. The minimum atomic E-state index is -0.525. The van der Waals surface area contributed by atoms with Crippen LogP contribution >= 0.6 is 0 Å². The summed E-state index contributed by atoms with van der Waals surface area (Å²) in [6.07, 6.45) is 0. The zero-order valence-electron chi connectivity index (χ0n) is 17.0. The number of benzene rings is 2. The second kappa shape index (κ2) is 8.24. The molecule has 9 nitrogen and oxygen atoms in total. The SMILES string of the molecule is COc1ccc(NC2=C(c3ccc([N+](=O)[O-])cc3)C(=O)N(C(C)C)C2=O)cc1OC. The molecule has 30 heavy (non-hydrogen) atoms. The molecule has 2 aromatic carbocycles. The summed E-state index contributed by atoms with van der Waals surface area (Å²) in [6, 6.07) is 10.2. The van der Waals surface area contributed by atoms with Gasteiger partial charge < -0.3 is 14.8 Å². The van der Waals surface area contributed by atoms with Crippen LogP contribution in [0.5, 0.6) is 11.5 Å². The van der Waals surface area contributed by atoms with Crippen LogP contribution in [0.3, 0.4) is 0 Å². The Bertz CT molecular complexity index is 1040. The molecule has 0 atom stereocenters. The van der Waals surface area contributed by atoms with Gasteiger partial charge in [0.1, 0.15) is 5.70 Å². The lowest BCUT2D eigenvalue weighted by Gasteiger charge is -2.19. The maximum absolute atomic E-state index is 13.0. The number of carbonyl (C=O) groups excluding carboxylic acids is 2. The third-order valence-electron chi connectivity index (χ3n) is 4.65. The Kier molecular flexibility index (Phi) is 5.72. The highest BCUT2D eigenvalue weighted by Gasteiger charge is 2.40. The van der Waals surface area contributed by atoms with E-state index in [-0.39, 0.29) is 23.0 Å². The molecule has 3 rings (SSSR count). The van der Waals surface area contributed by atoms with Gasteiger partial charge in [0.2, 0.25) is 0 Å². The molecule has 9 heteroatoms. The summed E-state index contributed by atoms with van der Waals surface area (Å²) < 4.78 is 10.5. The van der Waals surface area contributed by atoms with Crippen molar-refractivity contribution in [3.63, 3.8) is 0 Å². The van der Waals surface area contributed by atoms with Gasteiger partial charge in [0.25, 0.3) is 17.5 Å². The number of ether oxygens (including phenoxy) is 2. The fraction of sp³-hybridized carbons (Fsp3) is 0.238. The van der Waals surface area contributed by atoms with Crippen LogP contribution < -0.4 is 14.8 Å². The van der Waals surface area contributed by atoms with Gasteiger partial charge in [-0.2, -0.15) is 0 Å². The summed E-state index contributed by atoms with van der Waals surface area (Å²) in [5, 5.41) is 14.0. The number of rotatable bonds is 7. The van der Waals surface area contributed by atoms with Gasteiger partial charge in [-0.25, -0.2) is 0 Å². The number of hydrogen-bond donors (Lipinski definition) is 1. The number of imide groups is 1. The van der Waals surface area contributed by atoms with Crippen LogP contribution in [0.4, 0.5) is 11.4 Å². The van der Waals surface area contributed by atoms with Crippen molar-refractivity contribution in [1.29, 1.82) is 0 Å². The van der Waals surface area contributed by atoms with Crippen LogP contribution in [-0.4, -0.2) is 41.9 Å². The first-order valence-electron chi connectivity index (χ1n) is 9.14. The Balaban J connectivity index is 2.08. The molecule has 2 aromatic rings. The normalized spacial score (nSPS) is 13.8. The first-order chi connectivity index (χ1) is 14.3. The third kappa shape index (κ3) is 3.69. The van der Waals surface area contributed by atoms with E-state index in [4.69, 9.17) is 9.47 Å². The predicted molar refractivity (Wildman–Crippen MR) is 110 cm³/mol. The Morgan fingerprint density at radius 1 is 0.967 bits per heavy atom. The van der Waals surface area contributed by atoms with Gasteiger partial charge >= 0.3 is 0 Å². The summed E-state index contributed by atoms with van der Waals surface area (Å²) in [5.74, 6) is 0.0349. The highest BCUT2D eigenvalue weighted by molar-refractivity contribution is 6.36. The molecule has 156 valence electrons. The molecule has 0 saturated carbocycles. The minimum absolute atomic E-state index is 0.0924. The van der Waals surface area contributed by atoms with E-state index in [2.05, 4.69) is 5.32 Å². The highest BCUT2D eigenvalue weighted by Crippen LogP contribution is 2.35. The Morgan fingerprint density at radius 3 is 2.13 bits per heavy atom. The molecular weight excluding hydrogens is 390 g/mol. The molecule has 0 aliphatic carbocycles. The largest absolute Gasteiger partial charge is 0.493 e. The standard InChI is InChI=1S/C21H21N3O6/c1-12(2)23-20(25)18(13-5-8-15(9-6-13)24(27)28)19(21(23)26)22-14-7-10-16(29-3)17(11-14)30-4/h5-12,22H,1-4H3. The van der Waals surface area contributed by atoms with Crippen molar-refractivity contribution >= 4 is 28.8 Å². The predicted octanol–water partition coefficient (Wildman–Crippen LogP) is 3.21. The van der Waals surface area contributed by atoms with Crippen molar-refractivity contribution in [3.05, 3.63) is 63.8 Å². The number of carbonyl (C=O) groups is 2. The van der Waals surface area contributed by atoms with Crippen molar-refractivity contribution in [2.45, 2.75) is 19.9 Å². The van der Waals surface area contributed by atoms with Gasteiger partial charge in [-0.3, -0.25) is 24.6 Å². The van der Waals surface area contributed by atoms with Crippen molar-refractivity contribution in [2.75, 3.05) is 19.5 Å². The first kappa shape index (κ1) is 20.8. The number of non-ortho nitro benzene ring substituents is 1. The first-order valence-corrected chi connectivity index (χ1v) is 9.14. The molecule has 1 N–H and O–H groups in total. The minimum Gasteiger partial charge on any atom is -0.493 e. The average Bonchev–Trinajstić information content (AvgIpc) is 2.97. The lowest BCUT2D eigenvalue weighted by Crippen LogP contribution is -2.38. The number of amides is 2. The smallest absolute Gasteiger partial charge is 0.278 e. The van der Waals surface area contributed by atoms with Crippen LogP contribution in [0.2, 0.25) is 0 Å². The van der Waals surface area contributed by atoms with Crippen LogP contribution in [0, 0.1) is 10.1 Å². The quantitative estimate of drug-likeness (QED) is 0.423. The second-order valence-electron chi connectivity index (χ2n) is 6.82. The van der Waals surface area contributed by atoms with Crippen LogP contribution in [0.1, 0.15) is 19.4 Å². The van der Waals surface area contributed by atoms with E-state index in [9.17, 15) is 19.7 Å². The molecule has 0 bridgehead atoms. The zero-order chi connectivity index (χ0) is 22.0. The Hall–Kier alpha value is -3.88. The number of hydrogen-bond acceptors (Lipinski definition) is 7. The second-order valence-corrected chi connectivity index (χ2v) is 6.82. The van der Waals surface area contributed by atoms with Crippen LogP contribution in [0.15, 0.2) is 48.2 Å². The number of nitrogens with zero attached hydrogens (tertiary/aromatic N) is 2. The molecule has 0 fully saturated rings. The highest BCUT2D eigenvalue weighted by atomic mass is 16.6. The summed E-state index contributed by atoms with van der Waals surface area (Å²) in [7, 11) is 3.01. The average molecular weight is 411 g/mol. The summed E-state index contributed by atoms with van der Waals surface area (Å²) in [6.45, 7) is 3.48. The molecule has 1 aliphatic rings. The van der Waals surface area contributed by atoms with E-state index in [1.807, 2.05) is 0 Å². The fourth-order valence-corrected chi connectivity index (χ4v) is 3.21. The summed E-state index contributed by atoms with van der Waals surface area (Å²) in [5.41, 5.74) is 1.07. The lowest BCUT2D eigenvalue weighted by molar-refractivity contribution is -0.384. The van der Waals surface area contributed by atoms with E-state index < -0.39 is 16.7 Å². The topological polar surface area (TPSA) is 111 Å². The van der Waals surface area contributed by atoms with Gasteiger partial charge in [-0.15, -0.1) is 0 Å². The van der Waals surface area contributed by atoms with E-state index in [1.54, 1.807) is 32.0 Å². The molecule has 0 aromatic heterocycles. The molecule has 0 unspecified atom stereocenters. The van der Waals surface area contributed by atoms with E-state index in [0.717, 1.165) is 4.90 Å². The van der Waals surface area contributed by atoms with Crippen molar-refractivity contribution in [2.24, 2.45) is 0 Å². The van der Waals surface area contributed by atoms with Gasteiger partial charge in [0.05, 0.1) is 24.7 Å². The van der Waals surface area contributed by atoms with E-state index in [0.29, 0.717) is 22.7 Å². The number of nitrogens with one attached hydrogen (secondary N) is 1. The molecule has 0 radical (unpaired) electrons. The molecule has 0 spiro atoms. The summed E-state index contributed by atoms with van der Waals surface area (Å²) >= 11 is 0. The summed E-state index contributed by atoms with van der Waals surface area (Å²) in [4.78, 5) is 37.6. The Labute approximate surface area is 173 Å². The number of anilines is 1. The van der Waals surface area contributed by atoms with Crippen LogP contribution in [0.25, 0.3) is 5.57 Å². The monoisotopic (exact) mass is 411 g/mol. The molecule has 0 saturated heterocycles. The van der Waals surface area contributed by atoms with E-state index >= 15 is 0 Å². The van der Waals surface area contributed by atoms with Gasteiger partial charge in [-0.05, 0) is 43.7 Å². The van der Waals surface area contributed by atoms with Crippen molar-refractivity contribution in [3.8, 4) is 11.5 Å². The lowest BCUT2D eigenvalue weighted by atomic mass is 10.0. The fourth-order valence-electron chi connectivity index (χ4n) is 3.21. The number of methoxy groups -OCH3 is 2. The molecule has 1 aliphatic heterocycles. The van der Waals surface area contributed by atoms with Gasteiger partial charge in [0, 0.05) is 29.9 Å². The number of nitro groups is 1. The Morgan fingerprint density at radius 2 is 1.60 bits per heavy atom. The van der Waals surface area contributed by atoms with E-state index in [1.165, 1.54) is 38.5 Å². The number of nitro benzene ring substituents is 1. The molecular formula is C21H21N3O6. The maximum Gasteiger partial charge on any atom is 0.278 e. The zero-order valence-corrected chi connectivity index (χ0v) is 17.0. The van der Waals surface area contributed by atoms with Gasteiger partial charge in [-0.1, -0.05) is 0 Å². The molecule has 2 amide bonds. The van der Waals surface area contributed by atoms with Gasteiger partial charge in [0.15, 0.2) is 11.5 Å². The third-order valence-corrected chi connectivity index (χ3v) is 4.65.